The number of aryl methyl sites for hydroxylation is 1. The first-order valence-electron chi connectivity index (χ1n) is 14.3. The maximum absolute atomic E-state index is 14.1. The number of fused-ring (bicyclic) bond motifs is 1. The molecule has 238 valence electrons. The molecule has 0 saturated heterocycles. The number of hydrogen-bond donors (Lipinski definition) is 2. The zero-order valence-corrected chi connectivity index (χ0v) is 26.8. The molecule has 0 radical (unpaired) electrons. The summed E-state index contributed by atoms with van der Waals surface area (Å²) in [6.45, 7) is 7.41. The number of ether oxygens (including phenoxy) is 4. The van der Waals surface area contributed by atoms with Crippen molar-refractivity contribution in [1.82, 2.24) is 4.98 Å². The van der Waals surface area contributed by atoms with Gasteiger partial charge in [0.1, 0.15) is 40.9 Å². The van der Waals surface area contributed by atoms with Gasteiger partial charge in [-0.05, 0) is 68.3 Å². The van der Waals surface area contributed by atoms with E-state index in [-0.39, 0.29) is 24.9 Å². The van der Waals surface area contributed by atoms with Gasteiger partial charge < -0.3 is 34.1 Å². The van der Waals surface area contributed by atoms with Gasteiger partial charge >= 0.3 is 5.97 Å². The number of likely N-dealkylation sites (N-methyl/N-ethyl adjacent to an activating group) is 1. The lowest BCUT2D eigenvalue weighted by Gasteiger charge is -2.39. The van der Waals surface area contributed by atoms with Crippen molar-refractivity contribution < 1.29 is 32.9 Å². The molecule has 0 fully saturated rings. The Morgan fingerprint density at radius 2 is 1.80 bits per heavy atom. The van der Waals surface area contributed by atoms with E-state index < -0.39 is 23.6 Å². The average molecular weight is 638 g/mol. The minimum Gasteiger partial charge on any atom is -0.496 e. The molecule has 5 rings (SSSR count). The highest BCUT2D eigenvalue weighted by Gasteiger charge is 2.39. The van der Waals surface area contributed by atoms with Crippen LogP contribution in [0.2, 0.25) is 0 Å². The van der Waals surface area contributed by atoms with Crippen molar-refractivity contribution in [3.63, 3.8) is 0 Å². The molecule has 9 nitrogen and oxygen atoms in total. The van der Waals surface area contributed by atoms with Crippen molar-refractivity contribution in [2.75, 3.05) is 24.4 Å². The minimum absolute atomic E-state index is 0. The van der Waals surface area contributed by atoms with Gasteiger partial charge in [0.25, 0.3) is 5.91 Å². The fourth-order valence-corrected chi connectivity index (χ4v) is 5.26. The van der Waals surface area contributed by atoms with E-state index in [1.807, 2.05) is 45.9 Å². The molecular weight excluding hydrogens is 601 g/mol. The summed E-state index contributed by atoms with van der Waals surface area (Å²) >= 11 is 0. The molecule has 4 aromatic rings. The molecule has 1 atom stereocenters. The van der Waals surface area contributed by atoms with Gasteiger partial charge in [-0.1, -0.05) is 19.1 Å². The first-order chi connectivity index (χ1) is 21.0. The number of nitrogens with one attached hydrogen (secondary N) is 2. The van der Waals surface area contributed by atoms with Crippen LogP contribution in [0, 0.1) is 12.7 Å². The van der Waals surface area contributed by atoms with Crippen LogP contribution in [0.1, 0.15) is 48.8 Å². The molecule has 1 amide bonds. The molecule has 2 heterocycles. The number of carbonyl (C=O) groups is 2. The summed E-state index contributed by atoms with van der Waals surface area (Å²) in [4.78, 5) is 30.2. The predicted octanol–water partition coefficient (Wildman–Crippen LogP) is 7.28. The molecule has 1 unspecified atom stereocenters. The Morgan fingerprint density at radius 1 is 1.04 bits per heavy atom. The molecule has 3 aromatic carbocycles. The molecular formula is C34H37ClFN3O6. The fraction of sp³-hybridized carbons (Fsp3) is 0.294. The van der Waals surface area contributed by atoms with Crippen molar-refractivity contribution in [2.24, 2.45) is 0 Å². The number of nitrogens with zero attached hydrogens (tertiary/aromatic N) is 1. The van der Waals surface area contributed by atoms with Crippen LogP contribution in [0.3, 0.4) is 0 Å². The van der Waals surface area contributed by atoms with Crippen LogP contribution in [-0.4, -0.2) is 42.8 Å². The first-order valence-corrected chi connectivity index (χ1v) is 14.3. The standard InChI is InChI=1S/C34H36FN3O6.ClH/c1-7-30(44-32(39)27-9-8-16-36-27)43-22-12-13-24(29(18-22)41-6)23-14-15-26-31(38(5)33(40)34(3,4)37-26)25(23)19-42-28-17-21(35)11-10-20(28)2;/h8-18,30,36-37H,7,19H2,1-6H3;1H. The zero-order valence-electron chi connectivity index (χ0n) is 26.0. The summed E-state index contributed by atoms with van der Waals surface area (Å²) in [7, 11) is 3.29. The Bertz CT molecular complexity index is 1690. The minimum atomic E-state index is -0.822. The van der Waals surface area contributed by atoms with Crippen molar-refractivity contribution in [1.29, 1.82) is 0 Å². The van der Waals surface area contributed by atoms with Crippen LogP contribution in [0.5, 0.6) is 17.2 Å². The van der Waals surface area contributed by atoms with Gasteiger partial charge in [0.2, 0.25) is 6.29 Å². The third-order valence-corrected chi connectivity index (χ3v) is 7.55. The quantitative estimate of drug-likeness (QED) is 0.139. The molecule has 2 N–H and O–H groups in total. The van der Waals surface area contributed by atoms with E-state index in [1.54, 1.807) is 55.6 Å². The van der Waals surface area contributed by atoms with Crippen LogP contribution in [0.25, 0.3) is 11.1 Å². The van der Waals surface area contributed by atoms with Gasteiger partial charge in [-0.3, -0.25) is 4.79 Å². The summed E-state index contributed by atoms with van der Waals surface area (Å²) < 4.78 is 37.6. The molecule has 1 aliphatic heterocycles. The maximum Gasteiger partial charge on any atom is 0.357 e. The number of amides is 1. The summed E-state index contributed by atoms with van der Waals surface area (Å²) in [5.74, 6) is 0.307. The average Bonchev–Trinajstić information content (AvgIpc) is 3.55. The monoisotopic (exact) mass is 637 g/mol. The first kappa shape index (κ1) is 33.2. The molecule has 1 aliphatic rings. The highest BCUT2D eigenvalue weighted by molar-refractivity contribution is 6.08. The SMILES string of the molecule is CCC(OC(=O)c1ccc[nH]1)Oc1ccc(-c2ccc3c(c2COc2cc(F)ccc2C)N(C)C(=O)C(C)(C)N3)c(OC)c1.Cl. The number of anilines is 2. The van der Waals surface area contributed by atoms with Gasteiger partial charge in [0.15, 0.2) is 0 Å². The van der Waals surface area contributed by atoms with Crippen LogP contribution in [0.15, 0.2) is 66.9 Å². The van der Waals surface area contributed by atoms with Gasteiger partial charge in [-0.2, -0.15) is 0 Å². The Labute approximate surface area is 268 Å². The second kappa shape index (κ2) is 13.5. The van der Waals surface area contributed by atoms with Crippen LogP contribution >= 0.6 is 12.4 Å². The second-order valence-corrected chi connectivity index (χ2v) is 11.1. The van der Waals surface area contributed by atoms with E-state index in [2.05, 4.69) is 10.3 Å². The van der Waals surface area contributed by atoms with E-state index in [9.17, 15) is 14.0 Å². The van der Waals surface area contributed by atoms with Crippen molar-refractivity contribution in [2.45, 2.75) is 52.6 Å². The third-order valence-electron chi connectivity index (χ3n) is 7.55. The topological polar surface area (TPSA) is 102 Å². The molecule has 1 aromatic heterocycles. The Balaban J connectivity index is 0.00000461. The van der Waals surface area contributed by atoms with E-state index in [0.29, 0.717) is 40.6 Å². The third kappa shape index (κ3) is 6.86. The van der Waals surface area contributed by atoms with E-state index in [1.165, 1.54) is 12.1 Å². The van der Waals surface area contributed by atoms with Gasteiger partial charge in [0, 0.05) is 42.9 Å². The normalized spacial score (nSPS) is 14.0. The van der Waals surface area contributed by atoms with Crippen LogP contribution in [-0.2, 0) is 16.1 Å². The molecule has 11 heteroatoms. The largest absolute Gasteiger partial charge is 0.496 e. The van der Waals surface area contributed by atoms with Crippen molar-refractivity contribution >= 4 is 35.7 Å². The number of halogens is 2. The number of H-pyrrole nitrogens is 1. The Kier molecular flexibility index (Phi) is 9.97. The smallest absolute Gasteiger partial charge is 0.357 e. The summed E-state index contributed by atoms with van der Waals surface area (Å²) in [6.07, 6.45) is 1.25. The molecule has 0 aliphatic carbocycles. The summed E-state index contributed by atoms with van der Waals surface area (Å²) in [6, 6.07) is 16.9. The number of hydrogen-bond acceptors (Lipinski definition) is 7. The highest BCUT2D eigenvalue weighted by atomic mass is 35.5. The van der Waals surface area contributed by atoms with Crippen LogP contribution in [0.4, 0.5) is 15.8 Å². The number of benzene rings is 3. The number of esters is 1. The van der Waals surface area contributed by atoms with E-state index in [0.717, 1.165) is 22.4 Å². The van der Waals surface area contributed by atoms with E-state index >= 15 is 0 Å². The molecule has 45 heavy (non-hydrogen) atoms. The fourth-order valence-electron chi connectivity index (χ4n) is 5.26. The van der Waals surface area contributed by atoms with Crippen molar-refractivity contribution in [3.05, 3.63) is 89.5 Å². The van der Waals surface area contributed by atoms with Gasteiger partial charge in [-0.15, -0.1) is 12.4 Å². The number of rotatable bonds is 10. The van der Waals surface area contributed by atoms with Crippen molar-refractivity contribution in [3.8, 4) is 28.4 Å². The molecule has 0 bridgehead atoms. The zero-order chi connectivity index (χ0) is 31.6. The Hall–Kier alpha value is -4.70. The maximum atomic E-state index is 14.1. The van der Waals surface area contributed by atoms with Gasteiger partial charge in [-0.25, -0.2) is 9.18 Å². The molecule has 0 spiro atoms. The lowest BCUT2D eigenvalue weighted by atomic mass is 9.91. The predicted molar refractivity (Wildman–Crippen MR) is 173 cm³/mol. The van der Waals surface area contributed by atoms with Crippen LogP contribution < -0.4 is 24.4 Å². The van der Waals surface area contributed by atoms with E-state index in [4.69, 9.17) is 18.9 Å². The number of aromatic amines is 1. The lowest BCUT2D eigenvalue weighted by molar-refractivity contribution is -0.121. The van der Waals surface area contributed by atoms with Gasteiger partial charge in [0.05, 0.1) is 18.5 Å². The lowest BCUT2D eigenvalue weighted by Crippen LogP contribution is -2.52. The second-order valence-electron chi connectivity index (χ2n) is 11.1. The number of methoxy groups -OCH3 is 1. The molecule has 0 saturated carbocycles. The number of carbonyl (C=O) groups excluding carboxylic acids is 2. The summed E-state index contributed by atoms with van der Waals surface area (Å²) in [5.41, 5.74) is 3.92. The Morgan fingerprint density at radius 3 is 2.49 bits per heavy atom. The summed E-state index contributed by atoms with van der Waals surface area (Å²) in [5, 5.41) is 3.34. The number of aromatic nitrogens is 1. The highest BCUT2D eigenvalue weighted by Crippen LogP contribution is 2.45.